The Balaban J connectivity index is 0.000000494. The molecule has 0 unspecified atom stereocenters. The second-order valence-electron chi connectivity index (χ2n) is 3.41. The minimum atomic E-state index is -3.67. The lowest BCUT2D eigenvalue weighted by atomic mass is 10.1. The molecule has 0 spiro atoms. The Morgan fingerprint density at radius 1 is 1.39 bits per heavy atom. The molecule has 0 saturated carbocycles. The van der Waals surface area contributed by atoms with Crippen LogP contribution in [0.3, 0.4) is 0 Å². The average molecular weight is 275 g/mol. The van der Waals surface area contributed by atoms with Crippen LogP contribution in [0, 0.1) is 0 Å². The van der Waals surface area contributed by atoms with E-state index in [9.17, 15) is 8.42 Å². The van der Waals surface area contributed by atoms with Gasteiger partial charge in [-0.3, -0.25) is 4.55 Å². The molecule has 0 aliphatic heterocycles. The van der Waals surface area contributed by atoms with Gasteiger partial charge in [0.05, 0.1) is 11.9 Å². The molecule has 8 heteroatoms. The number of aliphatic imine (C=N–C) groups is 1. The van der Waals surface area contributed by atoms with Crippen LogP contribution in [0.2, 0.25) is 0 Å². The Kier molecular flexibility index (Phi) is 6.94. The van der Waals surface area contributed by atoms with Gasteiger partial charge in [-0.15, -0.1) is 0 Å². The number of rotatable bonds is 3. The fraction of sp³-hybridized carbons (Fsp3) is 0.300. The van der Waals surface area contributed by atoms with Crippen molar-refractivity contribution < 1.29 is 18.1 Å². The van der Waals surface area contributed by atoms with Crippen LogP contribution in [0.4, 0.5) is 5.69 Å². The first-order chi connectivity index (χ1) is 8.22. The molecule has 0 fully saturated rings. The van der Waals surface area contributed by atoms with Gasteiger partial charge in [0.2, 0.25) is 0 Å². The SMILES string of the molecule is CS(=O)(=O)O.NC(N)=Nc1cccc(CCO)c1. The van der Waals surface area contributed by atoms with E-state index >= 15 is 0 Å². The minimum Gasteiger partial charge on any atom is -0.396 e. The zero-order valence-electron chi connectivity index (χ0n) is 9.94. The number of guanidine groups is 1. The van der Waals surface area contributed by atoms with Gasteiger partial charge in [0.1, 0.15) is 0 Å². The van der Waals surface area contributed by atoms with Crippen LogP contribution < -0.4 is 11.5 Å². The number of nitrogens with two attached hydrogens (primary N) is 2. The summed E-state index contributed by atoms with van der Waals surface area (Å²) >= 11 is 0. The van der Waals surface area contributed by atoms with Crippen LogP contribution in [0.5, 0.6) is 0 Å². The summed E-state index contributed by atoms with van der Waals surface area (Å²) in [5.41, 5.74) is 12.2. The van der Waals surface area contributed by atoms with E-state index in [2.05, 4.69) is 4.99 Å². The maximum absolute atomic E-state index is 9.19. The van der Waals surface area contributed by atoms with Crippen molar-refractivity contribution in [1.82, 2.24) is 0 Å². The lowest BCUT2D eigenvalue weighted by molar-refractivity contribution is 0.299. The van der Waals surface area contributed by atoms with Crippen molar-refractivity contribution in [3.05, 3.63) is 29.8 Å². The van der Waals surface area contributed by atoms with E-state index in [1.165, 1.54) is 0 Å². The van der Waals surface area contributed by atoms with E-state index < -0.39 is 10.1 Å². The lowest BCUT2D eigenvalue weighted by Crippen LogP contribution is -2.21. The molecule has 0 heterocycles. The van der Waals surface area contributed by atoms with Crippen molar-refractivity contribution >= 4 is 21.8 Å². The Bertz CT molecular complexity index is 488. The molecule has 1 aromatic carbocycles. The molecular weight excluding hydrogens is 258 g/mol. The summed E-state index contributed by atoms with van der Waals surface area (Å²) in [6.07, 6.45) is 1.33. The van der Waals surface area contributed by atoms with E-state index in [1.54, 1.807) is 6.07 Å². The molecule has 0 aromatic heterocycles. The van der Waals surface area contributed by atoms with Crippen LogP contribution in [0.25, 0.3) is 0 Å². The van der Waals surface area contributed by atoms with E-state index in [-0.39, 0.29) is 12.6 Å². The highest BCUT2D eigenvalue weighted by atomic mass is 32.2. The van der Waals surface area contributed by atoms with Crippen molar-refractivity contribution in [2.75, 3.05) is 12.9 Å². The Morgan fingerprint density at radius 2 is 1.94 bits per heavy atom. The molecule has 102 valence electrons. The van der Waals surface area contributed by atoms with Gasteiger partial charge in [-0.05, 0) is 24.1 Å². The normalized spacial score (nSPS) is 10.2. The molecular formula is C10H17N3O4S. The van der Waals surface area contributed by atoms with Crippen molar-refractivity contribution in [1.29, 1.82) is 0 Å². The van der Waals surface area contributed by atoms with Crippen LogP contribution >= 0.6 is 0 Å². The highest BCUT2D eigenvalue weighted by molar-refractivity contribution is 7.85. The van der Waals surface area contributed by atoms with Gasteiger partial charge in [-0.25, -0.2) is 4.99 Å². The molecule has 0 aliphatic rings. The van der Waals surface area contributed by atoms with Crippen LogP contribution in [0.15, 0.2) is 29.3 Å². The number of aliphatic hydroxyl groups excluding tert-OH is 1. The van der Waals surface area contributed by atoms with Crippen molar-refractivity contribution in [2.45, 2.75) is 6.42 Å². The summed E-state index contributed by atoms with van der Waals surface area (Å²) in [6.45, 7) is 0.130. The molecule has 0 bridgehead atoms. The largest absolute Gasteiger partial charge is 0.396 e. The zero-order chi connectivity index (χ0) is 14.2. The first-order valence-electron chi connectivity index (χ1n) is 4.94. The number of hydrogen-bond acceptors (Lipinski definition) is 4. The van der Waals surface area contributed by atoms with Gasteiger partial charge >= 0.3 is 0 Å². The highest BCUT2D eigenvalue weighted by Crippen LogP contribution is 2.13. The van der Waals surface area contributed by atoms with Gasteiger partial charge in [-0.1, -0.05) is 12.1 Å². The predicted octanol–water partition coefficient (Wildman–Crippen LogP) is -0.370. The summed E-state index contributed by atoms with van der Waals surface area (Å²) in [5.74, 6) is 0.0427. The number of hydrogen-bond donors (Lipinski definition) is 4. The first-order valence-corrected chi connectivity index (χ1v) is 6.79. The highest BCUT2D eigenvalue weighted by Gasteiger charge is 1.93. The standard InChI is InChI=1S/C9H13N3O.CH4O3S/c10-9(11)12-8-3-1-2-7(6-8)4-5-13;1-5(2,3)4/h1-3,6,13H,4-5H2,(H4,10,11,12);1H3,(H,2,3,4). The quantitative estimate of drug-likeness (QED) is 0.337. The second kappa shape index (κ2) is 7.64. The maximum Gasteiger partial charge on any atom is 0.261 e. The van der Waals surface area contributed by atoms with Crippen molar-refractivity contribution in [3.63, 3.8) is 0 Å². The molecule has 0 amide bonds. The van der Waals surface area contributed by atoms with Gasteiger partial charge in [0.25, 0.3) is 10.1 Å². The van der Waals surface area contributed by atoms with Gasteiger partial charge in [0, 0.05) is 6.61 Å². The van der Waals surface area contributed by atoms with E-state index in [1.807, 2.05) is 18.2 Å². The van der Waals surface area contributed by atoms with E-state index in [4.69, 9.17) is 21.1 Å². The van der Waals surface area contributed by atoms with Crippen molar-refractivity contribution in [2.24, 2.45) is 16.5 Å². The monoisotopic (exact) mass is 275 g/mol. The molecule has 7 nitrogen and oxygen atoms in total. The molecule has 1 rings (SSSR count). The van der Waals surface area contributed by atoms with E-state index in [0.29, 0.717) is 18.4 Å². The lowest BCUT2D eigenvalue weighted by Gasteiger charge is -1.99. The van der Waals surface area contributed by atoms with Crippen molar-refractivity contribution in [3.8, 4) is 0 Å². The molecule has 18 heavy (non-hydrogen) atoms. The minimum absolute atomic E-state index is 0.0427. The third-order valence-electron chi connectivity index (χ3n) is 1.57. The Hall–Kier alpha value is -1.64. The summed E-state index contributed by atoms with van der Waals surface area (Å²) in [4.78, 5) is 3.89. The van der Waals surface area contributed by atoms with Gasteiger partial charge in [-0.2, -0.15) is 8.42 Å². The van der Waals surface area contributed by atoms with Crippen LogP contribution in [0.1, 0.15) is 5.56 Å². The Labute approximate surface area is 106 Å². The van der Waals surface area contributed by atoms with Gasteiger partial charge < -0.3 is 16.6 Å². The molecule has 6 N–H and O–H groups in total. The zero-order valence-corrected chi connectivity index (χ0v) is 10.8. The third kappa shape index (κ3) is 10.9. The maximum atomic E-state index is 9.19. The summed E-state index contributed by atoms with van der Waals surface area (Å²) < 4.78 is 25.9. The average Bonchev–Trinajstić information content (AvgIpc) is 2.14. The molecule has 1 aromatic rings. The Morgan fingerprint density at radius 3 is 2.39 bits per heavy atom. The van der Waals surface area contributed by atoms with Crippen LogP contribution in [-0.4, -0.2) is 36.9 Å². The fourth-order valence-corrected chi connectivity index (χ4v) is 1.06. The molecule has 0 aliphatic carbocycles. The first kappa shape index (κ1) is 16.4. The summed E-state index contributed by atoms with van der Waals surface area (Å²) in [7, 11) is -3.67. The predicted molar refractivity (Wildman–Crippen MR) is 70.2 cm³/mol. The number of nitrogens with zero attached hydrogens (tertiary/aromatic N) is 1. The number of aliphatic hydroxyl groups is 1. The smallest absolute Gasteiger partial charge is 0.261 e. The van der Waals surface area contributed by atoms with Gasteiger partial charge in [0.15, 0.2) is 5.96 Å². The molecule has 0 radical (unpaired) electrons. The number of benzene rings is 1. The third-order valence-corrected chi connectivity index (χ3v) is 1.57. The molecule has 0 atom stereocenters. The van der Waals surface area contributed by atoms with Crippen LogP contribution in [-0.2, 0) is 16.5 Å². The fourth-order valence-electron chi connectivity index (χ4n) is 1.06. The second-order valence-corrected chi connectivity index (χ2v) is 4.88. The molecule has 0 saturated heterocycles. The summed E-state index contributed by atoms with van der Waals surface area (Å²) in [6, 6.07) is 7.42. The summed E-state index contributed by atoms with van der Waals surface area (Å²) in [5, 5.41) is 8.71. The van der Waals surface area contributed by atoms with E-state index in [0.717, 1.165) is 5.56 Å². The topological polar surface area (TPSA) is 139 Å².